The van der Waals surface area contributed by atoms with Crippen LogP contribution in [0.5, 0.6) is 11.5 Å². The fourth-order valence-electron chi connectivity index (χ4n) is 4.40. The van der Waals surface area contributed by atoms with Gasteiger partial charge in [0.25, 0.3) is 11.8 Å². The molecule has 1 unspecified atom stereocenters. The number of benzene rings is 2. The third-order valence-corrected chi connectivity index (χ3v) is 6.39. The van der Waals surface area contributed by atoms with Gasteiger partial charge in [0.2, 0.25) is 0 Å². The molecule has 3 N–H and O–H groups in total. The van der Waals surface area contributed by atoms with Gasteiger partial charge >= 0.3 is 0 Å². The summed E-state index contributed by atoms with van der Waals surface area (Å²) in [5.74, 6) is 0.296. The van der Waals surface area contributed by atoms with Crippen molar-refractivity contribution >= 4 is 17.5 Å². The van der Waals surface area contributed by atoms with Crippen molar-refractivity contribution in [3.8, 4) is 11.5 Å². The summed E-state index contributed by atoms with van der Waals surface area (Å²) in [5, 5.41) is 16.1. The van der Waals surface area contributed by atoms with Crippen LogP contribution < -0.4 is 20.1 Å². The predicted molar refractivity (Wildman–Crippen MR) is 118 cm³/mol. The Morgan fingerprint density at radius 2 is 2.09 bits per heavy atom. The van der Waals surface area contributed by atoms with E-state index in [0.29, 0.717) is 36.6 Å². The number of hydrogen-bond acceptors (Lipinski definition) is 6. The van der Waals surface area contributed by atoms with Gasteiger partial charge in [0, 0.05) is 45.1 Å². The van der Waals surface area contributed by atoms with Crippen LogP contribution in [0.2, 0.25) is 0 Å². The number of hydrogen-bond donors (Lipinski definition) is 3. The zero-order chi connectivity index (χ0) is 22.3. The third-order valence-electron chi connectivity index (χ3n) is 6.39. The van der Waals surface area contributed by atoms with Crippen LogP contribution in [0, 0.1) is 0 Å². The average Bonchev–Trinajstić information content (AvgIpc) is 3.57. The Balaban J connectivity index is 1.21. The first-order valence-corrected chi connectivity index (χ1v) is 11.0. The van der Waals surface area contributed by atoms with Crippen LogP contribution in [0.1, 0.15) is 34.3 Å². The Bertz CT molecular complexity index is 1070. The highest BCUT2D eigenvalue weighted by molar-refractivity contribution is 6.05. The molecule has 0 aromatic heterocycles. The summed E-state index contributed by atoms with van der Waals surface area (Å²) >= 11 is 0. The van der Waals surface area contributed by atoms with Crippen molar-refractivity contribution in [3.05, 3.63) is 53.1 Å². The molecule has 2 heterocycles. The van der Waals surface area contributed by atoms with Crippen LogP contribution in [-0.2, 0) is 17.8 Å². The van der Waals surface area contributed by atoms with E-state index >= 15 is 0 Å². The smallest absolute Gasteiger partial charge is 0.268 e. The molecule has 5 rings (SSSR count). The number of carbonyl (C=O) groups excluding carboxylic acids is 2. The Hall–Kier alpha value is -3.10. The van der Waals surface area contributed by atoms with Gasteiger partial charge < -0.3 is 25.2 Å². The zero-order valence-corrected chi connectivity index (χ0v) is 18.0. The summed E-state index contributed by atoms with van der Waals surface area (Å²) in [6.45, 7) is 2.26. The molecule has 0 radical (unpaired) electrons. The van der Waals surface area contributed by atoms with E-state index in [2.05, 4.69) is 33.7 Å². The summed E-state index contributed by atoms with van der Waals surface area (Å²) in [4.78, 5) is 27.3. The lowest BCUT2D eigenvalue weighted by molar-refractivity contribution is -0.125. The number of anilines is 1. The lowest BCUT2D eigenvalue weighted by atomic mass is 10.00. The molecule has 2 aromatic carbocycles. The van der Waals surface area contributed by atoms with Crippen molar-refractivity contribution in [1.82, 2.24) is 10.2 Å². The number of aliphatic hydroxyl groups excluding tert-OH is 1. The predicted octanol–water partition coefficient (Wildman–Crippen LogP) is 1.71. The molecule has 2 aromatic rings. The Labute approximate surface area is 186 Å². The van der Waals surface area contributed by atoms with E-state index in [4.69, 9.17) is 9.47 Å². The van der Waals surface area contributed by atoms with Crippen LogP contribution in [0.4, 0.5) is 5.69 Å². The molecule has 1 saturated carbocycles. The van der Waals surface area contributed by atoms with Crippen molar-refractivity contribution in [2.75, 3.05) is 32.1 Å². The lowest BCUT2D eigenvalue weighted by Gasteiger charge is -2.30. The standard InChI is InChI=1S/C24H27N3O5/c1-31-20-11-21-19(26-23(30)24(32-21)7-8-24)10-18(20)22(29)25-12-17(28)14-27-9-6-15-4-2-3-5-16(15)13-27/h2-5,10-11,17,28H,6-9,12-14H2,1H3,(H,25,29)(H,26,30). The molecule has 8 nitrogen and oxygen atoms in total. The van der Waals surface area contributed by atoms with Gasteiger partial charge in [-0.3, -0.25) is 14.5 Å². The van der Waals surface area contributed by atoms with Gasteiger partial charge in [-0.15, -0.1) is 0 Å². The normalized spacial score (nSPS) is 19.2. The van der Waals surface area contributed by atoms with E-state index in [9.17, 15) is 14.7 Å². The fourth-order valence-corrected chi connectivity index (χ4v) is 4.40. The molecule has 1 fully saturated rings. The number of β-amino-alcohol motifs (C(OH)–C–C–N with tert-alkyl or cyclic N) is 1. The number of ether oxygens (including phenoxy) is 2. The zero-order valence-electron chi connectivity index (χ0n) is 18.0. The molecular formula is C24H27N3O5. The quantitative estimate of drug-likeness (QED) is 0.636. The van der Waals surface area contributed by atoms with E-state index < -0.39 is 11.7 Å². The summed E-state index contributed by atoms with van der Waals surface area (Å²) in [7, 11) is 1.48. The van der Waals surface area contributed by atoms with Crippen molar-refractivity contribution in [2.24, 2.45) is 0 Å². The second-order valence-corrected chi connectivity index (χ2v) is 8.72. The van der Waals surface area contributed by atoms with E-state index in [-0.39, 0.29) is 23.9 Å². The Morgan fingerprint density at radius 3 is 2.84 bits per heavy atom. The van der Waals surface area contributed by atoms with E-state index in [0.717, 1.165) is 19.5 Å². The van der Waals surface area contributed by atoms with Gasteiger partial charge in [0.1, 0.15) is 11.5 Å². The van der Waals surface area contributed by atoms with Gasteiger partial charge in [-0.05, 0) is 23.6 Å². The van der Waals surface area contributed by atoms with Crippen LogP contribution in [0.15, 0.2) is 36.4 Å². The molecule has 0 saturated heterocycles. The first-order valence-electron chi connectivity index (χ1n) is 11.0. The molecule has 8 heteroatoms. The van der Waals surface area contributed by atoms with Crippen LogP contribution in [0.25, 0.3) is 0 Å². The van der Waals surface area contributed by atoms with Gasteiger partial charge in [-0.2, -0.15) is 0 Å². The average molecular weight is 437 g/mol. The van der Waals surface area contributed by atoms with E-state index in [1.54, 1.807) is 12.1 Å². The first kappa shape index (κ1) is 20.8. The SMILES string of the molecule is COc1cc2c(cc1C(=O)NCC(O)CN1CCc3ccccc3C1)NC(=O)C1(CC1)O2. The van der Waals surface area contributed by atoms with Crippen molar-refractivity contribution in [3.63, 3.8) is 0 Å². The summed E-state index contributed by atoms with van der Waals surface area (Å²) in [6.07, 6.45) is 1.62. The van der Waals surface area contributed by atoms with Gasteiger partial charge in [-0.25, -0.2) is 0 Å². The molecule has 1 atom stereocenters. The highest BCUT2D eigenvalue weighted by atomic mass is 16.5. The number of rotatable bonds is 6. The summed E-state index contributed by atoms with van der Waals surface area (Å²) in [6, 6.07) is 11.5. The Kier molecular flexibility index (Phi) is 5.27. The monoisotopic (exact) mass is 437 g/mol. The molecule has 3 aliphatic rings. The molecule has 168 valence electrons. The van der Waals surface area contributed by atoms with E-state index in [1.807, 2.05) is 6.07 Å². The summed E-state index contributed by atoms with van der Waals surface area (Å²) < 4.78 is 11.2. The molecule has 2 aliphatic heterocycles. The van der Waals surface area contributed by atoms with Crippen LogP contribution in [0.3, 0.4) is 0 Å². The second kappa shape index (κ2) is 8.11. The molecule has 0 bridgehead atoms. The second-order valence-electron chi connectivity index (χ2n) is 8.72. The van der Waals surface area contributed by atoms with Gasteiger partial charge in [0.15, 0.2) is 5.60 Å². The molecule has 1 aliphatic carbocycles. The summed E-state index contributed by atoms with van der Waals surface area (Å²) in [5.41, 5.74) is 2.61. The maximum Gasteiger partial charge on any atom is 0.268 e. The highest BCUT2D eigenvalue weighted by Crippen LogP contribution is 2.48. The van der Waals surface area contributed by atoms with E-state index in [1.165, 1.54) is 18.2 Å². The maximum absolute atomic E-state index is 12.8. The topological polar surface area (TPSA) is 100 Å². The van der Waals surface area contributed by atoms with Crippen molar-refractivity contribution in [2.45, 2.75) is 37.5 Å². The number of amides is 2. The Morgan fingerprint density at radius 1 is 1.31 bits per heavy atom. The van der Waals surface area contributed by atoms with Gasteiger partial charge in [0.05, 0.1) is 24.5 Å². The van der Waals surface area contributed by atoms with Gasteiger partial charge in [-0.1, -0.05) is 24.3 Å². The van der Waals surface area contributed by atoms with Crippen molar-refractivity contribution < 1.29 is 24.2 Å². The molecule has 2 amide bonds. The number of fused-ring (bicyclic) bond motifs is 2. The fraction of sp³-hybridized carbons (Fsp3) is 0.417. The van der Waals surface area contributed by atoms with Crippen LogP contribution in [-0.4, -0.2) is 60.3 Å². The third kappa shape index (κ3) is 3.91. The maximum atomic E-state index is 12.8. The largest absolute Gasteiger partial charge is 0.496 e. The molecular weight excluding hydrogens is 410 g/mol. The molecule has 32 heavy (non-hydrogen) atoms. The van der Waals surface area contributed by atoms with Crippen LogP contribution >= 0.6 is 0 Å². The molecule has 1 spiro atoms. The number of nitrogens with one attached hydrogen (secondary N) is 2. The minimum atomic E-state index is -0.763. The minimum absolute atomic E-state index is 0.114. The first-order chi connectivity index (χ1) is 15.5. The number of carbonyl (C=O) groups is 2. The number of nitrogens with zero attached hydrogens (tertiary/aromatic N) is 1. The number of methoxy groups -OCH3 is 1. The highest BCUT2D eigenvalue weighted by Gasteiger charge is 2.55. The minimum Gasteiger partial charge on any atom is -0.496 e. The van der Waals surface area contributed by atoms with Crippen molar-refractivity contribution in [1.29, 1.82) is 0 Å². The number of aliphatic hydroxyl groups is 1. The lowest BCUT2D eigenvalue weighted by Crippen LogP contribution is -2.42.